The first kappa shape index (κ1) is 15.8. The first-order valence-electron chi connectivity index (χ1n) is 6.92. The summed E-state index contributed by atoms with van der Waals surface area (Å²) in [6.07, 6.45) is 0. The van der Waals surface area contributed by atoms with E-state index in [1.165, 1.54) is 13.0 Å². The number of rotatable bonds is 7. The standard InChI is InChI=1S/C17H18FNO3/c1-12(20)17-15(18)4-3-5-16(17)19-10-11-22-14-8-6-13(21-2)7-9-14/h3-9,19H,10-11H2,1-2H3. The van der Waals surface area contributed by atoms with Crippen molar-refractivity contribution in [3.8, 4) is 11.5 Å². The molecule has 0 aliphatic heterocycles. The molecule has 1 N–H and O–H groups in total. The average molecular weight is 303 g/mol. The number of nitrogens with one attached hydrogen (secondary N) is 1. The molecule has 0 spiro atoms. The van der Waals surface area contributed by atoms with Gasteiger partial charge in [-0.25, -0.2) is 4.39 Å². The van der Waals surface area contributed by atoms with E-state index in [0.29, 0.717) is 24.6 Å². The highest BCUT2D eigenvalue weighted by atomic mass is 19.1. The van der Waals surface area contributed by atoms with E-state index in [0.717, 1.165) is 5.75 Å². The highest BCUT2D eigenvalue weighted by Gasteiger charge is 2.12. The molecule has 0 saturated heterocycles. The summed E-state index contributed by atoms with van der Waals surface area (Å²) in [6.45, 7) is 2.19. The maximum absolute atomic E-state index is 13.6. The molecular weight excluding hydrogens is 285 g/mol. The van der Waals surface area contributed by atoms with E-state index < -0.39 is 5.82 Å². The second-order valence-electron chi connectivity index (χ2n) is 4.67. The van der Waals surface area contributed by atoms with E-state index in [1.54, 1.807) is 19.2 Å². The van der Waals surface area contributed by atoms with Gasteiger partial charge in [0.1, 0.15) is 23.9 Å². The third kappa shape index (κ3) is 3.97. The Balaban J connectivity index is 1.88. The van der Waals surface area contributed by atoms with Crippen molar-refractivity contribution in [1.82, 2.24) is 0 Å². The molecule has 0 aliphatic rings. The molecular formula is C17H18FNO3. The van der Waals surface area contributed by atoms with Crippen molar-refractivity contribution >= 4 is 11.5 Å². The number of halogens is 1. The summed E-state index contributed by atoms with van der Waals surface area (Å²) < 4.78 is 24.3. The molecule has 0 bridgehead atoms. The minimum absolute atomic E-state index is 0.0759. The van der Waals surface area contributed by atoms with Crippen molar-refractivity contribution < 1.29 is 18.7 Å². The summed E-state index contributed by atoms with van der Waals surface area (Å²) in [4.78, 5) is 11.5. The van der Waals surface area contributed by atoms with Crippen molar-refractivity contribution in [2.75, 3.05) is 25.6 Å². The molecule has 0 unspecified atom stereocenters. The van der Waals surface area contributed by atoms with Gasteiger partial charge in [0.05, 0.1) is 12.7 Å². The van der Waals surface area contributed by atoms with Gasteiger partial charge < -0.3 is 14.8 Å². The number of carbonyl (C=O) groups is 1. The average Bonchev–Trinajstić information content (AvgIpc) is 2.52. The van der Waals surface area contributed by atoms with Crippen molar-refractivity contribution in [3.05, 3.63) is 53.8 Å². The van der Waals surface area contributed by atoms with Gasteiger partial charge in [-0.05, 0) is 43.3 Å². The van der Waals surface area contributed by atoms with Crippen LogP contribution in [0.15, 0.2) is 42.5 Å². The van der Waals surface area contributed by atoms with Gasteiger partial charge in [0.2, 0.25) is 0 Å². The number of hydrogen-bond donors (Lipinski definition) is 1. The Labute approximate surface area is 128 Å². The van der Waals surface area contributed by atoms with Gasteiger partial charge in [-0.2, -0.15) is 0 Å². The number of carbonyl (C=O) groups excluding carboxylic acids is 1. The van der Waals surface area contributed by atoms with Crippen molar-refractivity contribution in [2.24, 2.45) is 0 Å². The Morgan fingerprint density at radius 2 is 1.82 bits per heavy atom. The zero-order chi connectivity index (χ0) is 15.9. The van der Waals surface area contributed by atoms with Crippen LogP contribution in [0.2, 0.25) is 0 Å². The molecule has 2 aromatic rings. The molecule has 22 heavy (non-hydrogen) atoms. The summed E-state index contributed by atoms with van der Waals surface area (Å²) in [5.74, 6) is 0.648. The third-order valence-electron chi connectivity index (χ3n) is 3.11. The molecule has 0 saturated carbocycles. The molecule has 2 aromatic carbocycles. The molecule has 5 heteroatoms. The second kappa shape index (κ2) is 7.45. The molecule has 2 rings (SSSR count). The molecule has 0 heterocycles. The number of ketones is 1. The lowest BCUT2D eigenvalue weighted by Gasteiger charge is -2.12. The Hall–Kier alpha value is -2.56. The van der Waals surface area contributed by atoms with Crippen LogP contribution in [-0.2, 0) is 0 Å². The molecule has 0 atom stereocenters. The van der Waals surface area contributed by atoms with E-state index in [-0.39, 0.29) is 11.3 Å². The minimum atomic E-state index is -0.520. The molecule has 0 aliphatic carbocycles. The highest BCUT2D eigenvalue weighted by molar-refractivity contribution is 5.99. The molecule has 0 radical (unpaired) electrons. The maximum Gasteiger partial charge on any atom is 0.164 e. The molecule has 0 amide bonds. The van der Waals surface area contributed by atoms with Crippen LogP contribution in [0.25, 0.3) is 0 Å². The SMILES string of the molecule is COc1ccc(OCCNc2cccc(F)c2C(C)=O)cc1. The van der Waals surface area contributed by atoms with Gasteiger partial charge in [0.25, 0.3) is 0 Å². The number of hydrogen-bond acceptors (Lipinski definition) is 4. The summed E-state index contributed by atoms with van der Waals surface area (Å²) >= 11 is 0. The molecule has 4 nitrogen and oxygen atoms in total. The first-order valence-corrected chi connectivity index (χ1v) is 6.92. The van der Waals surface area contributed by atoms with Crippen LogP contribution < -0.4 is 14.8 Å². The van der Waals surface area contributed by atoms with Gasteiger partial charge >= 0.3 is 0 Å². The third-order valence-corrected chi connectivity index (χ3v) is 3.11. The van der Waals surface area contributed by atoms with Crippen LogP contribution in [0.3, 0.4) is 0 Å². The van der Waals surface area contributed by atoms with Gasteiger partial charge in [-0.15, -0.1) is 0 Å². The number of anilines is 1. The fourth-order valence-corrected chi connectivity index (χ4v) is 2.06. The summed E-state index contributed by atoms with van der Waals surface area (Å²) in [5.41, 5.74) is 0.553. The fraction of sp³-hybridized carbons (Fsp3) is 0.235. The Morgan fingerprint density at radius 1 is 1.14 bits per heavy atom. The number of ether oxygens (including phenoxy) is 2. The summed E-state index contributed by atoms with van der Waals surface area (Å²) in [6, 6.07) is 11.7. The lowest BCUT2D eigenvalue weighted by Crippen LogP contribution is -2.14. The fourth-order valence-electron chi connectivity index (χ4n) is 2.06. The zero-order valence-electron chi connectivity index (χ0n) is 12.6. The van der Waals surface area contributed by atoms with Crippen molar-refractivity contribution in [1.29, 1.82) is 0 Å². The largest absolute Gasteiger partial charge is 0.497 e. The predicted octanol–water partition coefficient (Wildman–Crippen LogP) is 3.53. The zero-order valence-corrected chi connectivity index (χ0v) is 12.6. The highest BCUT2D eigenvalue weighted by Crippen LogP contribution is 2.20. The Morgan fingerprint density at radius 3 is 2.45 bits per heavy atom. The van der Waals surface area contributed by atoms with Crippen LogP contribution in [-0.4, -0.2) is 26.0 Å². The number of Topliss-reactive ketones (excluding diaryl/α,β-unsaturated/α-hetero) is 1. The van der Waals surface area contributed by atoms with Crippen molar-refractivity contribution in [2.45, 2.75) is 6.92 Å². The number of methoxy groups -OCH3 is 1. The van der Waals surface area contributed by atoms with Crippen LogP contribution in [0.4, 0.5) is 10.1 Å². The van der Waals surface area contributed by atoms with Crippen LogP contribution in [0, 0.1) is 5.82 Å². The number of benzene rings is 2. The monoisotopic (exact) mass is 303 g/mol. The van der Waals surface area contributed by atoms with Crippen LogP contribution in [0.5, 0.6) is 11.5 Å². The normalized spacial score (nSPS) is 10.1. The summed E-state index contributed by atoms with van der Waals surface area (Å²) in [7, 11) is 1.60. The van der Waals surface area contributed by atoms with E-state index in [2.05, 4.69) is 5.32 Å². The van der Waals surface area contributed by atoms with Crippen LogP contribution >= 0.6 is 0 Å². The maximum atomic E-state index is 13.6. The molecule has 0 aromatic heterocycles. The van der Waals surface area contributed by atoms with Gasteiger partial charge in [0.15, 0.2) is 5.78 Å². The van der Waals surface area contributed by atoms with Gasteiger partial charge in [0, 0.05) is 12.2 Å². The van der Waals surface area contributed by atoms with Crippen molar-refractivity contribution in [3.63, 3.8) is 0 Å². The Kier molecular flexibility index (Phi) is 5.36. The van der Waals surface area contributed by atoms with E-state index in [4.69, 9.17) is 9.47 Å². The minimum Gasteiger partial charge on any atom is -0.497 e. The lowest BCUT2D eigenvalue weighted by atomic mass is 10.1. The quantitative estimate of drug-likeness (QED) is 0.628. The molecule has 116 valence electrons. The van der Waals surface area contributed by atoms with Gasteiger partial charge in [-0.3, -0.25) is 4.79 Å². The lowest BCUT2D eigenvalue weighted by molar-refractivity contribution is 0.101. The summed E-state index contributed by atoms with van der Waals surface area (Å²) in [5, 5.41) is 3.02. The smallest absolute Gasteiger partial charge is 0.164 e. The van der Waals surface area contributed by atoms with Gasteiger partial charge in [-0.1, -0.05) is 6.07 Å². The topological polar surface area (TPSA) is 47.6 Å². The van der Waals surface area contributed by atoms with Crippen LogP contribution in [0.1, 0.15) is 17.3 Å². The van der Waals surface area contributed by atoms with E-state index >= 15 is 0 Å². The Bertz CT molecular complexity index is 641. The predicted molar refractivity (Wildman–Crippen MR) is 83.4 cm³/mol. The first-order chi connectivity index (χ1) is 10.6. The second-order valence-corrected chi connectivity index (χ2v) is 4.67. The molecule has 0 fully saturated rings. The van der Waals surface area contributed by atoms with E-state index in [9.17, 15) is 9.18 Å². The van der Waals surface area contributed by atoms with E-state index in [1.807, 2.05) is 24.3 Å².